The first-order valence-corrected chi connectivity index (χ1v) is 12.2. The van der Waals surface area contributed by atoms with Gasteiger partial charge in [-0.3, -0.25) is 9.59 Å². The summed E-state index contributed by atoms with van der Waals surface area (Å²) in [7, 11) is 1.60. The Hall–Kier alpha value is -2.54. The van der Waals surface area contributed by atoms with Gasteiger partial charge in [0.25, 0.3) is 5.91 Å². The molecular weight excluding hydrogens is 496 g/mol. The lowest BCUT2D eigenvalue weighted by atomic mass is 9.87. The standard InChI is InChI=1S/C27H37BrN2O4/c1-18(25(32)29-27(5,6)7)30(16-19-10-9-11-21(14-19)33-8)24(31)17-34-23-13-12-20(15-22(23)28)26(2,3)4/h9-15,18H,16-17H2,1-8H3,(H,29,32)/t18-/m1/s1. The summed E-state index contributed by atoms with van der Waals surface area (Å²) in [6.45, 7) is 13.9. The predicted molar refractivity (Wildman–Crippen MR) is 139 cm³/mol. The molecular formula is C27H37BrN2O4. The van der Waals surface area contributed by atoms with Gasteiger partial charge in [-0.15, -0.1) is 0 Å². The molecule has 0 aromatic heterocycles. The minimum absolute atomic E-state index is 0.000255. The summed E-state index contributed by atoms with van der Waals surface area (Å²) < 4.78 is 12.0. The Morgan fingerprint density at radius 3 is 2.29 bits per heavy atom. The molecule has 0 saturated carbocycles. The average molecular weight is 534 g/mol. The number of benzene rings is 2. The van der Waals surface area contributed by atoms with Crippen LogP contribution in [0.15, 0.2) is 46.9 Å². The highest BCUT2D eigenvalue weighted by Gasteiger charge is 2.29. The number of nitrogens with one attached hydrogen (secondary N) is 1. The maximum Gasteiger partial charge on any atom is 0.261 e. The third-order valence-corrected chi connectivity index (χ3v) is 5.92. The molecule has 0 fully saturated rings. The van der Waals surface area contributed by atoms with Crippen molar-refractivity contribution in [2.45, 2.75) is 72.0 Å². The number of hydrogen-bond donors (Lipinski definition) is 1. The lowest BCUT2D eigenvalue weighted by molar-refractivity contribution is -0.142. The molecule has 186 valence electrons. The van der Waals surface area contributed by atoms with E-state index in [1.165, 1.54) is 4.90 Å². The van der Waals surface area contributed by atoms with Crippen LogP contribution in [-0.4, -0.2) is 42.0 Å². The fourth-order valence-electron chi connectivity index (χ4n) is 3.33. The number of methoxy groups -OCH3 is 1. The summed E-state index contributed by atoms with van der Waals surface area (Å²) in [6, 6.07) is 12.6. The van der Waals surface area contributed by atoms with E-state index in [1.54, 1.807) is 14.0 Å². The molecule has 0 aliphatic carbocycles. The van der Waals surface area contributed by atoms with Gasteiger partial charge in [0.2, 0.25) is 5.91 Å². The largest absolute Gasteiger partial charge is 0.497 e. The van der Waals surface area contributed by atoms with Crippen LogP contribution in [0, 0.1) is 0 Å². The van der Waals surface area contributed by atoms with Crippen molar-refractivity contribution in [2.24, 2.45) is 0 Å². The van der Waals surface area contributed by atoms with E-state index in [1.807, 2.05) is 63.2 Å². The van der Waals surface area contributed by atoms with Crippen LogP contribution >= 0.6 is 15.9 Å². The second kappa shape index (κ2) is 11.3. The summed E-state index contributed by atoms with van der Waals surface area (Å²) >= 11 is 3.55. The van der Waals surface area contributed by atoms with Crippen molar-refractivity contribution in [1.82, 2.24) is 10.2 Å². The lowest BCUT2D eigenvalue weighted by Gasteiger charge is -2.31. The maximum atomic E-state index is 13.3. The van der Waals surface area contributed by atoms with Crippen LogP contribution in [0.4, 0.5) is 0 Å². The molecule has 2 rings (SSSR count). The Balaban J connectivity index is 2.23. The van der Waals surface area contributed by atoms with Crippen LogP contribution in [0.5, 0.6) is 11.5 Å². The molecule has 2 aromatic rings. The minimum Gasteiger partial charge on any atom is -0.497 e. The van der Waals surface area contributed by atoms with E-state index in [2.05, 4.69) is 42.0 Å². The fourth-order valence-corrected chi connectivity index (χ4v) is 3.82. The number of carbonyl (C=O) groups is 2. The molecule has 0 aliphatic rings. The van der Waals surface area contributed by atoms with Crippen LogP contribution in [-0.2, 0) is 21.5 Å². The van der Waals surface area contributed by atoms with E-state index < -0.39 is 11.6 Å². The van der Waals surface area contributed by atoms with Crippen LogP contribution in [0.1, 0.15) is 59.6 Å². The Morgan fingerprint density at radius 2 is 1.74 bits per heavy atom. The zero-order valence-electron chi connectivity index (χ0n) is 21.5. The highest BCUT2D eigenvalue weighted by molar-refractivity contribution is 9.10. The molecule has 0 aliphatic heterocycles. The van der Waals surface area contributed by atoms with Crippen molar-refractivity contribution >= 4 is 27.7 Å². The van der Waals surface area contributed by atoms with Crippen LogP contribution in [0.3, 0.4) is 0 Å². The van der Waals surface area contributed by atoms with Gasteiger partial charge in [0.05, 0.1) is 11.6 Å². The van der Waals surface area contributed by atoms with Gasteiger partial charge in [0.15, 0.2) is 6.61 Å². The van der Waals surface area contributed by atoms with Gasteiger partial charge in [0, 0.05) is 12.1 Å². The molecule has 0 unspecified atom stereocenters. The molecule has 0 bridgehead atoms. The third kappa shape index (κ3) is 8.05. The van der Waals surface area contributed by atoms with Gasteiger partial charge >= 0.3 is 0 Å². The molecule has 0 heterocycles. The predicted octanol–water partition coefficient (Wildman–Crippen LogP) is 5.47. The maximum absolute atomic E-state index is 13.3. The van der Waals surface area contributed by atoms with Crippen molar-refractivity contribution in [3.05, 3.63) is 58.1 Å². The number of carbonyl (C=O) groups excluding carboxylic acids is 2. The van der Waals surface area contributed by atoms with E-state index in [0.717, 1.165) is 15.6 Å². The molecule has 0 saturated heterocycles. The summed E-state index contributed by atoms with van der Waals surface area (Å²) in [5.74, 6) is 0.760. The van der Waals surface area contributed by atoms with Crippen molar-refractivity contribution in [1.29, 1.82) is 0 Å². The van der Waals surface area contributed by atoms with Crippen LogP contribution in [0.2, 0.25) is 0 Å². The number of rotatable bonds is 8. The number of hydrogen-bond acceptors (Lipinski definition) is 4. The third-order valence-electron chi connectivity index (χ3n) is 5.30. The van der Waals surface area contributed by atoms with E-state index >= 15 is 0 Å². The van der Waals surface area contributed by atoms with E-state index in [-0.39, 0.29) is 30.4 Å². The van der Waals surface area contributed by atoms with Gasteiger partial charge in [-0.1, -0.05) is 39.0 Å². The zero-order valence-corrected chi connectivity index (χ0v) is 23.1. The quantitative estimate of drug-likeness (QED) is 0.489. The summed E-state index contributed by atoms with van der Waals surface area (Å²) in [4.78, 5) is 27.7. The lowest BCUT2D eigenvalue weighted by Crippen LogP contribution is -2.53. The van der Waals surface area contributed by atoms with Crippen LogP contribution < -0.4 is 14.8 Å². The van der Waals surface area contributed by atoms with E-state index in [0.29, 0.717) is 11.5 Å². The highest BCUT2D eigenvalue weighted by Crippen LogP contribution is 2.31. The van der Waals surface area contributed by atoms with Gasteiger partial charge < -0.3 is 19.7 Å². The molecule has 34 heavy (non-hydrogen) atoms. The summed E-state index contributed by atoms with van der Waals surface area (Å²) in [5, 5.41) is 2.96. The molecule has 1 N–H and O–H groups in total. The summed E-state index contributed by atoms with van der Waals surface area (Å²) in [6.07, 6.45) is 0. The average Bonchev–Trinajstić information content (AvgIpc) is 2.74. The van der Waals surface area contributed by atoms with Crippen LogP contribution in [0.25, 0.3) is 0 Å². The second-order valence-corrected chi connectivity index (χ2v) is 11.3. The Kier molecular flexibility index (Phi) is 9.17. The Morgan fingerprint density at radius 1 is 1.06 bits per heavy atom. The number of halogens is 1. The first-order chi connectivity index (χ1) is 15.7. The van der Waals surface area contributed by atoms with Crippen molar-refractivity contribution < 1.29 is 19.1 Å². The first kappa shape index (κ1) is 27.7. The summed E-state index contributed by atoms with van der Waals surface area (Å²) in [5.41, 5.74) is 1.61. The van der Waals surface area contributed by atoms with Crippen molar-refractivity contribution in [3.63, 3.8) is 0 Å². The molecule has 0 radical (unpaired) electrons. The molecule has 2 aromatic carbocycles. The first-order valence-electron chi connectivity index (χ1n) is 11.4. The number of amides is 2. The second-order valence-electron chi connectivity index (χ2n) is 10.5. The van der Waals surface area contributed by atoms with Gasteiger partial charge in [-0.05, 0) is 84.4 Å². The van der Waals surface area contributed by atoms with Crippen molar-refractivity contribution in [2.75, 3.05) is 13.7 Å². The molecule has 7 heteroatoms. The van der Waals surface area contributed by atoms with E-state index in [9.17, 15) is 9.59 Å². The molecule has 1 atom stereocenters. The number of ether oxygens (including phenoxy) is 2. The van der Waals surface area contributed by atoms with Gasteiger partial charge in [-0.25, -0.2) is 0 Å². The molecule has 6 nitrogen and oxygen atoms in total. The monoisotopic (exact) mass is 532 g/mol. The Labute approximate surface area is 212 Å². The molecule has 0 spiro atoms. The smallest absolute Gasteiger partial charge is 0.261 e. The van der Waals surface area contributed by atoms with Gasteiger partial charge in [-0.2, -0.15) is 0 Å². The van der Waals surface area contributed by atoms with Gasteiger partial charge in [0.1, 0.15) is 17.5 Å². The SMILES string of the molecule is COc1cccc(CN(C(=O)COc2ccc(C(C)(C)C)cc2Br)[C@H](C)C(=O)NC(C)(C)C)c1. The molecule has 2 amide bonds. The van der Waals surface area contributed by atoms with Crippen molar-refractivity contribution in [3.8, 4) is 11.5 Å². The highest BCUT2D eigenvalue weighted by atomic mass is 79.9. The van der Waals surface area contributed by atoms with E-state index in [4.69, 9.17) is 9.47 Å². The number of nitrogens with zero attached hydrogens (tertiary/aromatic N) is 1. The normalized spacial score (nSPS) is 12.6. The minimum atomic E-state index is -0.687. The Bertz CT molecular complexity index is 1010. The topological polar surface area (TPSA) is 67.9 Å². The zero-order chi connectivity index (χ0) is 25.7. The fraction of sp³-hybridized carbons (Fsp3) is 0.481.